The molecule has 1 atom stereocenters. The first-order valence-electron chi connectivity index (χ1n) is 6.21. The number of ether oxygens (including phenoxy) is 1. The van der Waals surface area contributed by atoms with Crippen LogP contribution in [0.3, 0.4) is 0 Å². The molecular weight excluding hydrogens is 261 g/mol. The van der Waals surface area contributed by atoms with E-state index in [1.165, 1.54) is 6.92 Å². The molecule has 0 aromatic rings. The van der Waals surface area contributed by atoms with E-state index in [1.807, 2.05) is 0 Å². The molecule has 0 amide bonds. The standard InChI is InChI=1S/C13H19F3O3/c1-8(2)11(17)19-10-6-4-9(5-7-10)12(3,18)13(14,15)16/h9-10,18H,1,4-7H2,2-3H3. The minimum atomic E-state index is -4.64. The summed E-state index contributed by atoms with van der Waals surface area (Å²) in [5.74, 6) is -1.38. The van der Waals surface area contributed by atoms with Crippen molar-refractivity contribution in [2.75, 3.05) is 0 Å². The highest BCUT2D eigenvalue weighted by Gasteiger charge is 2.55. The normalized spacial score (nSPS) is 27.5. The van der Waals surface area contributed by atoms with Crippen LogP contribution in [0, 0.1) is 5.92 Å². The van der Waals surface area contributed by atoms with Crippen LogP contribution in [0.4, 0.5) is 13.2 Å². The van der Waals surface area contributed by atoms with Crippen LogP contribution in [0.2, 0.25) is 0 Å². The van der Waals surface area contributed by atoms with Gasteiger partial charge < -0.3 is 9.84 Å². The van der Waals surface area contributed by atoms with Crippen LogP contribution >= 0.6 is 0 Å². The Morgan fingerprint density at radius 1 is 1.26 bits per heavy atom. The molecule has 0 spiro atoms. The van der Waals surface area contributed by atoms with Crippen molar-refractivity contribution < 1.29 is 27.8 Å². The van der Waals surface area contributed by atoms with E-state index >= 15 is 0 Å². The van der Waals surface area contributed by atoms with Crippen molar-refractivity contribution in [3.8, 4) is 0 Å². The maximum Gasteiger partial charge on any atom is 0.417 e. The van der Waals surface area contributed by atoms with Crippen LogP contribution in [0.1, 0.15) is 39.5 Å². The molecule has 0 radical (unpaired) electrons. The second-order valence-corrected chi connectivity index (χ2v) is 5.30. The van der Waals surface area contributed by atoms with E-state index in [4.69, 9.17) is 4.74 Å². The molecule has 0 bridgehead atoms. The fraction of sp³-hybridized carbons (Fsp3) is 0.769. The summed E-state index contributed by atoms with van der Waals surface area (Å²) >= 11 is 0. The van der Waals surface area contributed by atoms with Gasteiger partial charge in [-0.2, -0.15) is 13.2 Å². The van der Waals surface area contributed by atoms with E-state index in [0.29, 0.717) is 12.8 Å². The summed E-state index contributed by atoms with van der Waals surface area (Å²) in [6, 6.07) is 0. The molecule has 1 unspecified atom stereocenters. The lowest BCUT2D eigenvalue weighted by Gasteiger charge is -2.38. The van der Waals surface area contributed by atoms with Crippen molar-refractivity contribution in [3.05, 3.63) is 12.2 Å². The number of alkyl halides is 3. The van der Waals surface area contributed by atoms with Crippen LogP contribution in [-0.4, -0.2) is 29.0 Å². The van der Waals surface area contributed by atoms with Crippen molar-refractivity contribution >= 4 is 5.97 Å². The molecule has 19 heavy (non-hydrogen) atoms. The summed E-state index contributed by atoms with van der Waals surface area (Å²) in [6.07, 6.45) is -4.00. The first-order chi connectivity index (χ1) is 8.55. The molecule has 0 heterocycles. The number of hydrogen-bond donors (Lipinski definition) is 1. The van der Waals surface area contributed by atoms with Crippen LogP contribution in [0.15, 0.2) is 12.2 Å². The first kappa shape index (κ1) is 16.0. The number of halogens is 3. The van der Waals surface area contributed by atoms with Crippen LogP contribution in [0.5, 0.6) is 0 Å². The van der Waals surface area contributed by atoms with Crippen LogP contribution in [-0.2, 0) is 9.53 Å². The highest BCUT2D eigenvalue weighted by Crippen LogP contribution is 2.42. The zero-order chi connectivity index (χ0) is 14.8. The first-order valence-corrected chi connectivity index (χ1v) is 6.21. The predicted molar refractivity (Wildman–Crippen MR) is 63.3 cm³/mol. The van der Waals surface area contributed by atoms with E-state index < -0.39 is 23.7 Å². The number of esters is 1. The van der Waals surface area contributed by atoms with Gasteiger partial charge in [0.05, 0.1) is 0 Å². The molecule has 1 saturated carbocycles. The van der Waals surface area contributed by atoms with Crippen molar-refractivity contribution in [1.29, 1.82) is 0 Å². The van der Waals surface area contributed by atoms with Crippen LogP contribution < -0.4 is 0 Å². The lowest BCUT2D eigenvalue weighted by atomic mass is 9.76. The molecular formula is C13H19F3O3. The Morgan fingerprint density at radius 3 is 2.11 bits per heavy atom. The summed E-state index contributed by atoms with van der Waals surface area (Å²) < 4.78 is 43.2. The van der Waals surface area contributed by atoms with Gasteiger partial charge in [0.2, 0.25) is 0 Å². The van der Waals surface area contributed by atoms with E-state index in [0.717, 1.165) is 6.92 Å². The third kappa shape index (κ3) is 3.72. The molecule has 6 heteroatoms. The van der Waals surface area contributed by atoms with E-state index in [2.05, 4.69) is 6.58 Å². The van der Waals surface area contributed by atoms with Crippen molar-refractivity contribution in [2.24, 2.45) is 5.92 Å². The summed E-state index contributed by atoms with van der Waals surface area (Å²) in [4.78, 5) is 11.3. The highest BCUT2D eigenvalue weighted by molar-refractivity contribution is 5.87. The number of hydrogen-bond acceptors (Lipinski definition) is 3. The Kier molecular flexibility index (Phi) is 4.66. The van der Waals surface area contributed by atoms with Gasteiger partial charge in [0.15, 0.2) is 5.60 Å². The van der Waals surface area contributed by atoms with Crippen molar-refractivity contribution in [1.82, 2.24) is 0 Å². The number of aliphatic hydroxyl groups is 1. The van der Waals surface area contributed by atoms with Gasteiger partial charge in [0, 0.05) is 5.57 Å². The second-order valence-electron chi connectivity index (χ2n) is 5.30. The molecule has 1 aliphatic rings. The maximum atomic E-state index is 12.7. The van der Waals surface area contributed by atoms with Crippen molar-refractivity contribution in [3.63, 3.8) is 0 Å². The van der Waals surface area contributed by atoms with Gasteiger partial charge in [0.1, 0.15) is 6.10 Å². The minimum absolute atomic E-state index is 0.181. The fourth-order valence-electron chi connectivity index (χ4n) is 2.23. The van der Waals surface area contributed by atoms with E-state index in [9.17, 15) is 23.1 Å². The Hall–Kier alpha value is -1.04. The third-order valence-electron chi connectivity index (χ3n) is 3.67. The molecule has 1 N–H and O–H groups in total. The third-order valence-corrected chi connectivity index (χ3v) is 3.67. The molecule has 3 nitrogen and oxygen atoms in total. The monoisotopic (exact) mass is 280 g/mol. The van der Waals surface area contributed by atoms with Gasteiger partial charge in [-0.25, -0.2) is 4.79 Å². The molecule has 110 valence electrons. The zero-order valence-corrected chi connectivity index (χ0v) is 11.1. The van der Waals surface area contributed by atoms with E-state index in [-0.39, 0.29) is 24.5 Å². The average molecular weight is 280 g/mol. The molecule has 0 aliphatic heterocycles. The molecule has 1 rings (SSSR count). The molecule has 0 aromatic carbocycles. The molecule has 0 saturated heterocycles. The summed E-state index contributed by atoms with van der Waals surface area (Å²) in [5.41, 5.74) is -2.42. The largest absolute Gasteiger partial charge is 0.459 e. The second kappa shape index (κ2) is 5.53. The number of rotatable bonds is 3. The quantitative estimate of drug-likeness (QED) is 0.638. The zero-order valence-electron chi connectivity index (χ0n) is 11.1. The Morgan fingerprint density at radius 2 is 1.74 bits per heavy atom. The topological polar surface area (TPSA) is 46.5 Å². The number of carbonyl (C=O) groups excluding carboxylic acids is 1. The van der Waals surface area contributed by atoms with Crippen molar-refractivity contribution in [2.45, 2.75) is 57.4 Å². The Balaban J connectivity index is 2.54. The van der Waals surface area contributed by atoms with Gasteiger partial charge >= 0.3 is 12.1 Å². The number of carbonyl (C=O) groups is 1. The van der Waals surface area contributed by atoms with Gasteiger partial charge in [-0.3, -0.25) is 0 Å². The Bertz CT molecular complexity index is 353. The summed E-state index contributed by atoms with van der Waals surface area (Å²) in [5, 5.41) is 9.59. The predicted octanol–water partition coefficient (Wildman–Crippen LogP) is 2.98. The maximum absolute atomic E-state index is 12.7. The molecule has 1 fully saturated rings. The van der Waals surface area contributed by atoms with Crippen LogP contribution in [0.25, 0.3) is 0 Å². The lowest BCUT2D eigenvalue weighted by Crippen LogP contribution is -2.50. The molecule has 1 aliphatic carbocycles. The SMILES string of the molecule is C=C(C)C(=O)OC1CCC(C(C)(O)C(F)(F)F)CC1. The van der Waals surface area contributed by atoms with Gasteiger partial charge in [-0.15, -0.1) is 0 Å². The van der Waals surface area contributed by atoms with E-state index in [1.54, 1.807) is 0 Å². The summed E-state index contributed by atoms with van der Waals surface area (Å²) in [6.45, 7) is 5.76. The average Bonchev–Trinajstić information content (AvgIpc) is 2.28. The fourth-order valence-corrected chi connectivity index (χ4v) is 2.23. The lowest BCUT2D eigenvalue weighted by molar-refractivity contribution is -0.276. The van der Waals surface area contributed by atoms with Gasteiger partial charge in [-0.1, -0.05) is 6.58 Å². The highest BCUT2D eigenvalue weighted by atomic mass is 19.4. The molecule has 0 aromatic heterocycles. The van der Waals surface area contributed by atoms with Gasteiger partial charge in [-0.05, 0) is 45.4 Å². The Labute approximate surface area is 110 Å². The van der Waals surface area contributed by atoms with Gasteiger partial charge in [0.25, 0.3) is 0 Å². The smallest absolute Gasteiger partial charge is 0.417 e. The summed E-state index contributed by atoms with van der Waals surface area (Å²) in [7, 11) is 0. The minimum Gasteiger partial charge on any atom is -0.459 e.